The van der Waals surface area contributed by atoms with Crippen LogP contribution in [-0.4, -0.2) is 13.1 Å². The van der Waals surface area contributed by atoms with Crippen LogP contribution >= 0.6 is 0 Å². The summed E-state index contributed by atoms with van der Waals surface area (Å²) in [5, 5.41) is 3.51. The van der Waals surface area contributed by atoms with E-state index in [1.54, 1.807) is 0 Å². The molecule has 0 spiro atoms. The predicted octanol–water partition coefficient (Wildman–Crippen LogP) is 5.33. The number of rotatable bonds is 10. The van der Waals surface area contributed by atoms with Crippen molar-refractivity contribution in [1.82, 2.24) is 5.32 Å². The summed E-state index contributed by atoms with van der Waals surface area (Å²) < 4.78 is 0. The quantitative estimate of drug-likeness (QED) is 0.574. The summed E-state index contributed by atoms with van der Waals surface area (Å²) in [5.74, 6) is 0.760. The summed E-state index contributed by atoms with van der Waals surface area (Å²) in [4.78, 5) is 0. The molecule has 0 unspecified atom stereocenters. The zero-order valence-corrected chi connectivity index (χ0v) is 14.8. The summed E-state index contributed by atoms with van der Waals surface area (Å²) in [6.45, 7) is 13.8. The fraction of sp³-hybridized carbons (Fsp3) is 0.700. The first-order chi connectivity index (χ1) is 9.95. The van der Waals surface area contributed by atoms with Crippen LogP contribution in [0.5, 0.6) is 0 Å². The van der Waals surface area contributed by atoms with Crippen molar-refractivity contribution in [2.75, 3.05) is 13.1 Å². The maximum Gasteiger partial charge on any atom is -0.00258 e. The first kappa shape index (κ1) is 18.2. The summed E-state index contributed by atoms with van der Waals surface area (Å²) >= 11 is 0. The molecule has 0 saturated heterocycles. The van der Waals surface area contributed by atoms with Crippen molar-refractivity contribution in [3.8, 4) is 0 Å². The van der Waals surface area contributed by atoms with Gasteiger partial charge in [0, 0.05) is 0 Å². The van der Waals surface area contributed by atoms with E-state index in [-0.39, 0.29) is 0 Å². The van der Waals surface area contributed by atoms with Crippen molar-refractivity contribution in [1.29, 1.82) is 0 Å². The van der Waals surface area contributed by atoms with Crippen molar-refractivity contribution < 1.29 is 0 Å². The minimum absolute atomic E-state index is 0.306. The van der Waals surface area contributed by atoms with Gasteiger partial charge in [0.25, 0.3) is 0 Å². The molecule has 0 bridgehead atoms. The third kappa shape index (κ3) is 7.13. The molecule has 1 N–H and O–H groups in total. The second-order valence-corrected chi connectivity index (χ2v) is 7.34. The van der Waals surface area contributed by atoms with Gasteiger partial charge in [0.1, 0.15) is 0 Å². The van der Waals surface area contributed by atoms with E-state index >= 15 is 0 Å². The maximum absolute atomic E-state index is 3.51. The van der Waals surface area contributed by atoms with Crippen LogP contribution in [0, 0.1) is 5.92 Å². The maximum atomic E-state index is 3.51. The molecule has 1 aromatic carbocycles. The highest BCUT2D eigenvalue weighted by Crippen LogP contribution is 2.26. The van der Waals surface area contributed by atoms with E-state index in [2.05, 4.69) is 64.2 Å². The van der Waals surface area contributed by atoms with E-state index in [1.165, 1.54) is 49.8 Å². The summed E-state index contributed by atoms with van der Waals surface area (Å²) in [5.41, 5.74) is 3.26. The van der Waals surface area contributed by atoms with Gasteiger partial charge in [0.15, 0.2) is 0 Å². The molecule has 1 heteroatoms. The zero-order valence-electron chi connectivity index (χ0n) is 14.8. The van der Waals surface area contributed by atoms with Crippen molar-refractivity contribution in [2.45, 2.75) is 72.1 Å². The lowest BCUT2D eigenvalue weighted by Gasteiger charge is -2.23. The molecule has 0 fully saturated rings. The van der Waals surface area contributed by atoms with Crippen molar-refractivity contribution in [2.24, 2.45) is 5.92 Å². The van der Waals surface area contributed by atoms with Gasteiger partial charge in [0.05, 0.1) is 0 Å². The van der Waals surface area contributed by atoms with Crippen molar-refractivity contribution in [3.05, 3.63) is 35.4 Å². The fourth-order valence-electron chi connectivity index (χ4n) is 2.47. The Morgan fingerprint density at radius 1 is 1.00 bits per heavy atom. The van der Waals surface area contributed by atoms with Crippen LogP contribution in [-0.2, 0) is 11.8 Å². The number of unbranched alkanes of at least 4 members (excludes halogenated alkanes) is 2. The minimum Gasteiger partial charge on any atom is -0.316 e. The molecule has 0 heterocycles. The molecule has 1 nitrogen and oxygen atoms in total. The van der Waals surface area contributed by atoms with Crippen LogP contribution in [0.25, 0.3) is 0 Å². The highest BCUT2D eigenvalue weighted by Gasteiger charge is 2.17. The molecule has 1 rings (SSSR count). The van der Waals surface area contributed by atoms with Crippen LogP contribution in [0.1, 0.15) is 71.4 Å². The lowest BCUT2D eigenvalue weighted by molar-refractivity contribution is 0.506. The zero-order chi connectivity index (χ0) is 15.7. The highest BCUT2D eigenvalue weighted by molar-refractivity contribution is 5.28. The van der Waals surface area contributed by atoms with Crippen LogP contribution < -0.4 is 5.32 Å². The number of aryl methyl sites for hydroxylation is 1. The Hall–Kier alpha value is -0.820. The number of benzene rings is 1. The van der Waals surface area contributed by atoms with Gasteiger partial charge >= 0.3 is 0 Å². The first-order valence-electron chi connectivity index (χ1n) is 8.76. The standard InChI is InChI=1S/C20H35N/c1-6-20(4,5)19-13-11-18(12-14-19)10-8-7-9-15-21-16-17(2)3/h11-14,17,21H,6-10,15-16H2,1-5H3. The number of hydrogen-bond donors (Lipinski definition) is 1. The van der Waals surface area contributed by atoms with Gasteiger partial charge in [0.2, 0.25) is 0 Å². The molecule has 0 aliphatic rings. The molecule has 0 aliphatic heterocycles. The molecule has 0 aliphatic carbocycles. The Morgan fingerprint density at radius 3 is 2.24 bits per heavy atom. The van der Waals surface area contributed by atoms with E-state index in [4.69, 9.17) is 0 Å². The largest absolute Gasteiger partial charge is 0.316 e. The highest BCUT2D eigenvalue weighted by atomic mass is 14.8. The molecule has 0 amide bonds. The van der Waals surface area contributed by atoms with Crippen LogP contribution in [0.15, 0.2) is 24.3 Å². The monoisotopic (exact) mass is 289 g/mol. The SMILES string of the molecule is CCC(C)(C)c1ccc(CCCCCNCC(C)C)cc1. The van der Waals surface area contributed by atoms with E-state index in [1.807, 2.05) is 0 Å². The van der Waals surface area contributed by atoms with Crippen molar-refractivity contribution >= 4 is 0 Å². The Morgan fingerprint density at radius 2 is 1.67 bits per heavy atom. The molecule has 21 heavy (non-hydrogen) atoms. The topological polar surface area (TPSA) is 12.0 Å². The molecule has 1 aromatic rings. The second kappa shape index (κ2) is 9.25. The summed E-state index contributed by atoms with van der Waals surface area (Å²) in [6, 6.07) is 9.29. The Labute approximate surface area is 132 Å². The Kier molecular flexibility index (Phi) is 8.03. The van der Waals surface area contributed by atoms with Gasteiger partial charge in [-0.05, 0) is 61.2 Å². The van der Waals surface area contributed by atoms with Gasteiger partial charge < -0.3 is 5.32 Å². The van der Waals surface area contributed by atoms with E-state index in [0.717, 1.165) is 12.5 Å². The lowest BCUT2D eigenvalue weighted by atomic mass is 9.82. The molecule has 120 valence electrons. The molecule has 0 saturated carbocycles. The average Bonchev–Trinajstić information content (AvgIpc) is 2.46. The fourth-order valence-corrected chi connectivity index (χ4v) is 2.47. The predicted molar refractivity (Wildman–Crippen MR) is 95.0 cm³/mol. The second-order valence-electron chi connectivity index (χ2n) is 7.34. The van der Waals surface area contributed by atoms with Crippen LogP contribution in [0.4, 0.5) is 0 Å². The van der Waals surface area contributed by atoms with Crippen LogP contribution in [0.3, 0.4) is 0 Å². The smallest absolute Gasteiger partial charge is 0.00258 e. The van der Waals surface area contributed by atoms with Gasteiger partial charge in [-0.15, -0.1) is 0 Å². The lowest BCUT2D eigenvalue weighted by Crippen LogP contribution is -2.20. The first-order valence-corrected chi connectivity index (χ1v) is 8.76. The van der Waals surface area contributed by atoms with E-state index in [0.29, 0.717) is 5.41 Å². The molecule has 0 radical (unpaired) electrons. The molecular weight excluding hydrogens is 254 g/mol. The Bertz CT molecular complexity index is 375. The average molecular weight is 290 g/mol. The van der Waals surface area contributed by atoms with E-state index < -0.39 is 0 Å². The molecule has 0 aromatic heterocycles. The van der Waals surface area contributed by atoms with Gasteiger partial charge in [-0.25, -0.2) is 0 Å². The third-order valence-corrected chi connectivity index (χ3v) is 4.49. The number of hydrogen-bond acceptors (Lipinski definition) is 1. The summed E-state index contributed by atoms with van der Waals surface area (Å²) in [7, 11) is 0. The Balaban J connectivity index is 2.21. The molecular formula is C20H35N. The van der Waals surface area contributed by atoms with E-state index in [9.17, 15) is 0 Å². The third-order valence-electron chi connectivity index (χ3n) is 4.49. The summed E-state index contributed by atoms with van der Waals surface area (Å²) in [6.07, 6.45) is 6.34. The van der Waals surface area contributed by atoms with Crippen LogP contribution in [0.2, 0.25) is 0 Å². The number of nitrogens with one attached hydrogen (secondary N) is 1. The van der Waals surface area contributed by atoms with Gasteiger partial charge in [-0.1, -0.05) is 65.3 Å². The van der Waals surface area contributed by atoms with Gasteiger partial charge in [-0.3, -0.25) is 0 Å². The normalized spacial score (nSPS) is 12.1. The van der Waals surface area contributed by atoms with Crippen molar-refractivity contribution in [3.63, 3.8) is 0 Å². The minimum atomic E-state index is 0.306. The van der Waals surface area contributed by atoms with Gasteiger partial charge in [-0.2, -0.15) is 0 Å². The molecule has 0 atom stereocenters.